The molecule has 0 spiro atoms. The highest BCUT2D eigenvalue weighted by Crippen LogP contribution is 2.38. The number of carbonyl (C=O) groups excluding carboxylic acids is 2. The number of carbonyl (C=O) groups is 2. The molecule has 1 aliphatic rings. The number of halogens is 4. The van der Waals surface area contributed by atoms with Gasteiger partial charge >= 0.3 is 12.3 Å². The van der Waals surface area contributed by atoms with Crippen molar-refractivity contribution < 1.29 is 31.9 Å². The fourth-order valence-electron chi connectivity index (χ4n) is 3.98. The number of hydrogen-bond donors (Lipinski definition) is 2. The zero-order chi connectivity index (χ0) is 26.4. The van der Waals surface area contributed by atoms with Crippen LogP contribution < -0.4 is 11.1 Å². The van der Waals surface area contributed by atoms with Crippen molar-refractivity contribution >= 4 is 23.3 Å². The van der Waals surface area contributed by atoms with Crippen LogP contribution in [0.3, 0.4) is 0 Å². The van der Waals surface area contributed by atoms with E-state index in [9.17, 15) is 27.2 Å². The number of anilines is 1. The summed E-state index contributed by atoms with van der Waals surface area (Å²) in [6.45, 7) is 5.74. The van der Waals surface area contributed by atoms with E-state index in [1.54, 1.807) is 20.8 Å². The van der Waals surface area contributed by atoms with Crippen LogP contribution in [0.5, 0.6) is 0 Å². The van der Waals surface area contributed by atoms with E-state index >= 15 is 0 Å². The molecule has 2 aromatic heterocycles. The minimum Gasteiger partial charge on any atom is -0.444 e. The molecule has 0 radical (unpaired) electrons. The summed E-state index contributed by atoms with van der Waals surface area (Å²) < 4.78 is 61.7. The molecule has 1 aromatic carbocycles. The number of likely N-dealkylation sites (tertiary alicyclic amines) is 1. The minimum absolute atomic E-state index is 0.0440. The first-order valence-corrected chi connectivity index (χ1v) is 11.0. The molecule has 36 heavy (non-hydrogen) atoms. The number of rotatable bonds is 3. The predicted octanol–water partition coefficient (Wildman–Crippen LogP) is 3.88. The first-order chi connectivity index (χ1) is 16.7. The van der Waals surface area contributed by atoms with Crippen molar-refractivity contribution in [2.24, 2.45) is 0 Å². The molecule has 0 aliphatic carbocycles. The van der Waals surface area contributed by atoms with Crippen LogP contribution in [0.2, 0.25) is 0 Å². The first-order valence-electron chi connectivity index (χ1n) is 11.0. The van der Waals surface area contributed by atoms with Crippen molar-refractivity contribution in [3.63, 3.8) is 0 Å². The van der Waals surface area contributed by atoms with Crippen molar-refractivity contribution in [2.75, 3.05) is 18.8 Å². The minimum atomic E-state index is -4.74. The molecule has 1 atom stereocenters. The van der Waals surface area contributed by atoms with Crippen molar-refractivity contribution in [1.82, 2.24) is 24.8 Å². The van der Waals surface area contributed by atoms with Gasteiger partial charge in [-0.05, 0) is 51.5 Å². The molecule has 192 valence electrons. The van der Waals surface area contributed by atoms with E-state index in [4.69, 9.17) is 10.5 Å². The Morgan fingerprint density at radius 1 is 1.19 bits per heavy atom. The Balaban J connectivity index is 1.59. The lowest BCUT2D eigenvalue weighted by Gasteiger charge is -2.24. The molecule has 4 rings (SSSR count). The summed E-state index contributed by atoms with van der Waals surface area (Å²) in [5.74, 6) is -2.00. The number of nitrogens with two attached hydrogens (primary N) is 1. The Bertz CT molecular complexity index is 1330. The molecule has 0 unspecified atom stereocenters. The van der Waals surface area contributed by atoms with Gasteiger partial charge in [-0.3, -0.25) is 4.79 Å². The van der Waals surface area contributed by atoms with Crippen LogP contribution in [0.15, 0.2) is 30.6 Å². The van der Waals surface area contributed by atoms with Gasteiger partial charge in [-0.2, -0.15) is 18.3 Å². The zero-order valence-electron chi connectivity index (χ0n) is 19.7. The van der Waals surface area contributed by atoms with Crippen LogP contribution in [0.25, 0.3) is 16.8 Å². The Labute approximate surface area is 203 Å². The van der Waals surface area contributed by atoms with Gasteiger partial charge in [0.05, 0.1) is 16.8 Å². The maximum Gasteiger partial charge on any atom is 0.418 e. The van der Waals surface area contributed by atoms with Crippen LogP contribution in [0, 0.1) is 5.82 Å². The molecule has 1 fully saturated rings. The standard InChI is InChI=1S/C23H24F4N6O3/c1-22(2,3)36-21(35)32-7-6-13(10-32)31-20(34)14-8-12(4-5-16(14)24)17-9-15(23(25,26)27)18-19(28)29-11-30-33(17)18/h4-5,8-9,11,13H,6-7,10H2,1-3H3,(H,31,34)(H2,28,29,30)/t13-/m0/s1. The smallest absolute Gasteiger partial charge is 0.418 e. The fraction of sp³-hybridized carbons (Fsp3) is 0.391. The Kier molecular flexibility index (Phi) is 6.27. The molecule has 9 nitrogen and oxygen atoms in total. The van der Waals surface area contributed by atoms with Crippen molar-refractivity contribution in [2.45, 2.75) is 45.0 Å². The summed E-state index contributed by atoms with van der Waals surface area (Å²) in [6.07, 6.45) is -3.83. The van der Waals surface area contributed by atoms with Crippen LogP contribution in [0.4, 0.5) is 28.2 Å². The number of amides is 2. The van der Waals surface area contributed by atoms with E-state index in [1.807, 2.05) is 0 Å². The van der Waals surface area contributed by atoms with Gasteiger partial charge in [0.2, 0.25) is 0 Å². The number of alkyl halides is 3. The van der Waals surface area contributed by atoms with Gasteiger partial charge < -0.3 is 20.7 Å². The van der Waals surface area contributed by atoms with E-state index in [0.29, 0.717) is 13.0 Å². The number of nitrogens with zero attached hydrogens (tertiary/aromatic N) is 4. The van der Waals surface area contributed by atoms with Crippen LogP contribution in [-0.2, 0) is 10.9 Å². The molecule has 13 heteroatoms. The van der Waals surface area contributed by atoms with Crippen LogP contribution in [-0.4, -0.2) is 56.2 Å². The molecule has 3 aromatic rings. The predicted molar refractivity (Wildman–Crippen MR) is 121 cm³/mol. The second-order valence-electron chi connectivity index (χ2n) is 9.43. The van der Waals surface area contributed by atoms with E-state index < -0.39 is 46.7 Å². The fourth-order valence-corrected chi connectivity index (χ4v) is 3.98. The van der Waals surface area contributed by atoms with E-state index in [0.717, 1.165) is 29.0 Å². The summed E-state index contributed by atoms with van der Waals surface area (Å²) in [6, 6.07) is 3.75. The largest absolute Gasteiger partial charge is 0.444 e. The Morgan fingerprint density at radius 2 is 1.92 bits per heavy atom. The Morgan fingerprint density at radius 3 is 2.58 bits per heavy atom. The summed E-state index contributed by atoms with van der Waals surface area (Å²) in [7, 11) is 0. The van der Waals surface area contributed by atoms with Crippen LogP contribution >= 0.6 is 0 Å². The first kappa shape index (κ1) is 25.2. The normalized spacial score (nSPS) is 16.4. The molecule has 0 saturated carbocycles. The SMILES string of the molecule is CC(C)(C)OC(=O)N1CC[C@H](NC(=O)c2cc(-c3cc(C(F)(F)F)c4c(N)ncnn34)ccc2F)C1. The van der Waals surface area contributed by atoms with Crippen molar-refractivity contribution in [3.8, 4) is 11.3 Å². The number of hydrogen-bond acceptors (Lipinski definition) is 6. The van der Waals surface area contributed by atoms with E-state index in [-0.39, 0.29) is 29.2 Å². The van der Waals surface area contributed by atoms with Gasteiger partial charge in [-0.1, -0.05) is 0 Å². The lowest BCUT2D eigenvalue weighted by molar-refractivity contribution is -0.136. The van der Waals surface area contributed by atoms with E-state index in [1.165, 1.54) is 11.0 Å². The molecule has 3 N–H and O–H groups in total. The highest BCUT2D eigenvalue weighted by molar-refractivity contribution is 5.96. The molecule has 1 saturated heterocycles. The van der Waals surface area contributed by atoms with Gasteiger partial charge in [-0.25, -0.2) is 18.7 Å². The molecule has 0 bridgehead atoms. The number of benzene rings is 1. The van der Waals surface area contributed by atoms with Gasteiger partial charge in [0.15, 0.2) is 5.82 Å². The topological polar surface area (TPSA) is 115 Å². The quantitative estimate of drug-likeness (QED) is 0.519. The lowest BCUT2D eigenvalue weighted by atomic mass is 10.1. The zero-order valence-corrected chi connectivity index (χ0v) is 19.7. The third-order valence-electron chi connectivity index (χ3n) is 5.57. The third-order valence-corrected chi connectivity index (χ3v) is 5.57. The van der Waals surface area contributed by atoms with Gasteiger partial charge in [-0.15, -0.1) is 0 Å². The molecule has 2 amide bonds. The van der Waals surface area contributed by atoms with Crippen molar-refractivity contribution in [3.05, 3.63) is 47.5 Å². The number of ether oxygens (including phenoxy) is 1. The second-order valence-corrected chi connectivity index (χ2v) is 9.43. The maximum absolute atomic E-state index is 14.6. The number of nitrogens with one attached hydrogen (secondary N) is 1. The monoisotopic (exact) mass is 508 g/mol. The van der Waals surface area contributed by atoms with Crippen molar-refractivity contribution in [1.29, 1.82) is 0 Å². The third kappa shape index (κ3) is 5.04. The Hall–Kier alpha value is -3.90. The highest BCUT2D eigenvalue weighted by atomic mass is 19.4. The number of fused-ring (bicyclic) bond motifs is 1. The molecule has 1 aliphatic heterocycles. The summed E-state index contributed by atoms with van der Waals surface area (Å²) in [5, 5.41) is 6.54. The summed E-state index contributed by atoms with van der Waals surface area (Å²) in [4.78, 5) is 30.2. The molecular weight excluding hydrogens is 484 g/mol. The molecule has 3 heterocycles. The van der Waals surface area contributed by atoms with Gasteiger partial charge in [0, 0.05) is 24.7 Å². The van der Waals surface area contributed by atoms with Crippen LogP contribution in [0.1, 0.15) is 43.1 Å². The highest BCUT2D eigenvalue weighted by Gasteiger charge is 2.37. The molecular formula is C23H24F4N6O3. The van der Waals surface area contributed by atoms with E-state index in [2.05, 4.69) is 15.4 Å². The van der Waals surface area contributed by atoms with Gasteiger partial charge in [0.1, 0.15) is 23.3 Å². The second kappa shape index (κ2) is 8.95. The number of aromatic nitrogens is 3. The lowest BCUT2D eigenvalue weighted by Crippen LogP contribution is -2.40. The average Bonchev–Trinajstić information content (AvgIpc) is 3.38. The maximum atomic E-state index is 14.6. The number of nitrogen functional groups attached to an aromatic ring is 1. The van der Waals surface area contributed by atoms with Gasteiger partial charge in [0.25, 0.3) is 5.91 Å². The summed E-state index contributed by atoms with van der Waals surface area (Å²) in [5.41, 5.74) is 3.21. The summed E-state index contributed by atoms with van der Waals surface area (Å²) >= 11 is 0. The average molecular weight is 508 g/mol.